The van der Waals surface area contributed by atoms with Crippen LogP contribution < -0.4 is 5.32 Å². The number of carboxylic acids is 1. The number of aliphatic carboxylic acids is 1. The van der Waals surface area contributed by atoms with Crippen molar-refractivity contribution in [2.24, 2.45) is 23.7 Å². The molecule has 4 unspecified atom stereocenters. The van der Waals surface area contributed by atoms with E-state index in [0.29, 0.717) is 6.42 Å². The van der Waals surface area contributed by atoms with Crippen LogP contribution in [0.15, 0.2) is 12.2 Å². The predicted molar refractivity (Wildman–Crippen MR) is 68.1 cm³/mol. The molecule has 19 heavy (non-hydrogen) atoms. The summed E-state index contributed by atoms with van der Waals surface area (Å²) in [5, 5.41) is 11.7. The lowest BCUT2D eigenvalue weighted by Crippen LogP contribution is -2.41. The molecule has 0 aliphatic heterocycles. The number of nitrogens with one attached hydrogen (secondary N) is 1. The molecule has 2 rings (SSSR count). The summed E-state index contributed by atoms with van der Waals surface area (Å²) >= 11 is 0. The van der Waals surface area contributed by atoms with E-state index in [1.54, 1.807) is 0 Å². The maximum absolute atomic E-state index is 12.0. The number of allylic oxidation sites excluding steroid dienone is 2. The second-order valence-corrected chi connectivity index (χ2v) is 7.52. The van der Waals surface area contributed by atoms with Gasteiger partial charge in [-0.25, -0.2) is 8.42 Å². The summed E-state index contributed by atoms with van der Waals surface area (Å²) in [6.07, 6.45) is 5.55. The summed E-state index contributed by atoms with van der Waals surface area (Å²) in [5.41, 5.74) is 0. The van der Waals surface area contributed by atoms with Crippen LogP contribution in [-0.4, -0.2) is 44.0 Å². The maximum atomic E-state index is 12.0. The van der Waals surface area contributed by atoms with E-state index in [9.17, 15) is 23.1 Å². The van der Waals surface area contributed by atoms with Crippen molar-refractivity contribution in [3.8, 4) is 0 Å². The standard InChI is InChI=1S/C12H17NO5S/c1-19(17,18)5-4-13-11(14)9-7-2-3-8(6-7)10(9)12(15)16/h2-3,7-10H,4-6H2,1H3,(H,13,14)(H,15,16). The first-order valence-electron chi connectivity index (χ1n) is 6.16. The van der Waals surface area contributed by atoms with Gasteiger partial charge in [-0.1, -0.05) is 12.2 Å². The Morgan fingerprint density at radius 1 is 1.26 bits per heavy atom. The number of hydrogen-bond donors (Lipinski definition) is 2. The van der Waals surface area contributed by atoms with Gasteiger partial charge in [0.05, 0.1) is 17.6 Å². The summed E-state index contributed by atoms with van der Waals surface area (Å²) in [5.74, 6) is -2.82. The molecule has 0 heterocycles. The molecule has 7 heteroatoms. The van der Waals surface area contributed by atoms with Gasteiger partial charge in [-0.05, 0) is 18.3 Å². The first-order valence-corrected chi connectivity index (χ1v) is 8.22. The van der Waals surface area contributed by atoms with Crippen molar-refractivity contribution in [3.63, 3.8) is 0 Å². The van der Waals surface area contributed by atoms with Gasteiger partial charge in [-0.15, -0.1) is 0 Å². The number of fused-ring (bicyclic) bond motifs is 2. The molecule has 0 aromatic carbocycles. The van der Waals surface area contributed by atoms with Crippen molar-refractivity contribution in [3.05, 3.63) is 12.2 Å². The van der Waals surface area contributed by atoms with Crippen LogP contribution in [-0.2, 0) is 19.4 Å². The van der Waals surface area contributed by atoms with Crippen molar-refractivity contribution in [1.82, 2.24) is 5.32 Å². The minimum Gasteiger partial charge on any atom is -0.481 e. The van der Waals surface area contributed by atoms with Crippen LogP contribution in [0.3, 0.4) is 0 Å². The van der Waals surface area contributed by atoms with Gasteiger partial charge in [-0.3, -0.25) is 9.59 Å². The van der Waals surface area contributed by atoms with Crippen molar-refractivity contribution < 1.29 is 23.1 Å². The molecule has 0 saturated heterocycles. The van der Waals surface area contributed by atoms with Gasteiger partial charge in [0, 0.05) is 12.8 Å². The number of amides is 1. The molecule has 2 bridgehead atoms. The fraction of sp³-hybridized carbons (Fsp3) is 0.667. The molecule has 0 radical (unpaired) electrons. The van der Waals surface area contributed by atoms with Gasteiger partial charge in [0.2, 0.25) is 5.91 Å². The molecular formula is C12H17NO5S. The third-order valence-corrected chi connectivity index (χ3v) is 4.76. The molecule has 4 atom stereocenters. The molecule has 1 amide bonds. The molecule has 0 aromatic heterocycles. The summed E-state index contributed by atoms with van der Waals surface area (Å²) in [6, 6.07) is 0. The zero-order chi connectivity index (χ0) is 14.2. The molecule has 1 fully saturated rings. The van der Waals surface area contributed by atoms with Crippen molar-refractivity contribution in [2.75, 3.05) is 18.6 Å². The third-order valence-electron chi connectivity index (χ3n) is 3.82. The van der Waals surface area contributed by atoms with Gasteiger partial charge in [0.1, 0.15) is 9.84 Å². The second-order valence-electron chi connectivity index (χ2n) is 5.26. The molecule has 6 nitrogen and oxygen atoms in total. The first kappa shape index (κ1) is 14.0. The molecule has 1 saturated carbocycles. The Hall–Kier alpha value is -1.37. The Morgan fingerprint density at radius 3 is 2.37 bits per heavy atom. The predicted octanol–water partition coefficient (Wildman–Crippen LogP) is -0.330. The van der Waals surface area contributed by atoms with E-state index in [-0.39, 0.29) is 30.0 Å². The van der Waals surface area contributed by atoms with Crippen molar-refractivity contribution >= 4 is 21.7 Å². The van der Waals surface area contributed by atoms with Crippen LogP contribution in [0.2, 0.25) is 0 Å². The van der Waals surface area contributed by atoms with Crippen LogP contribution in [0, 0.1) is 23.7 Å². The first-order chi connectivity index (χ1) is 8.79. The highest BCUT2D eigenvalue weighted by molar-refractivity contribution is 7.90. The van der Waals surface area contributed by atoms with Crippen LogP contribution in [0.4, 0.5) is 0 Å². The lowest BCUT2D eigenvalue weighted by Gasteiger charge is -2.23. The van der Waals surface area contributed by atoms with Gasteiger partial charge >= 0.3 is 5.97 Å². The summed E-state index contributed by atoms with van der Waals surface area (Å²) in [4.78, 5) is 23.3. The van der Waals surface area contributed by atoms with E-state index in [1.807, 2.05) is 12.2 Å². The Labute approximate surface area is 111 Å². The zero-order valence-electron chi connectivity index (χ0n) is 10.6. The van der Waals surface area contributed by atoms with Crippen molar-refractivity contribution in [2.45, 2.75) is 6.42 Å². The minimum absolute atomic E-state index is 0.0294. The van der Waals surface area contributed by atoms with Gasteiger partial charge < -0.3 is 10.4 Å². The summed E-state index contributed by atoms with van der Waals surface area (Å²) in [6.45, 7) is 0.0294. The van der Waals surface area contributed by atoms with E-state index >= 15 is 0 Å². The smallest absolute Gasteiger partial charge is 0.307 e. The Morgan fingerprint density at radius 2 is 1.84 bits per heavy atom. The SMILES string of the molecule is CS(=O)(=O)CCNC(=O)C1C2C=CC(C2)C1C(=O)O. The van der Waals surface area contributed by atoms with Crippen LogP contribution in [0.5, 0.6) is 0 Å². The number of carbonyl (C=O) groups excluding carboxylic acids is 1. The van der Waals surface area contributed by atoms with E-state index in [2.05, 4.69) is 5.32 Å². The highest BCUT2D eigenvalue weighted by atomic mass is 32.2. The van der Waals surface area contributed by atoms with Crippen LogP contribution >= 0.6 is 0 Å². The minimum atomic E-state index is -3.13. The van der Waals surface area contributed by atoms with Crippen LogP contribution in [0.25, 0.3) is 0 Å². The van der Waals surface area contributed by atoms with Gasteiger partial charge in [0.15, 0.2) is 0 Å². The molecule has 0 spiro atoms. The Kier molecular flexibility index (Phi) is 3.66. The van der Waals surface area contributed by atoms with Gasteiger partial charge in [-0.2, -0.15) is 0 Å². The number of sulfone groups is 1. The van der Waals surface area contributed by atoms with Crippen molar-refractivity contribution in [1.29, 1.82) is 0 Å². The largest absolute Gasteiger partial charge is 0.481 e. The highest BCUT2D eigenvalue weighted by Crippen LogP contribution is 2.48. The lowest BCUT2D eigenvalue weighted by atomic mass is 9.82. The summed E-state index contributed by atoms with van der Waals surface area (Å²) < 4.78 is 22.0. The topological polar surface area (TPSA) is 101 Å². The fourth-order valence-electron chi connectivity index (χ4n) is 2.99. The molecule has 2 aliphatic rings. The Balaban J connectivity index is 1.99. The van der Waals surface area contributed by atoms with Crippen LogP contribution in [0.1, 0.15) is 6.42 Å². The second kappa shape index (κ2) is 4.96. The lowest BCUT2D eigenvalue weighted by molar-refractivity contribution is -0.147. The number of hydrogen-bond acceptors (Lipinski definition) is 4. The zero-order valence-corrected chi connectivity index (χ0v) is 11.4. The molecule has 106 valence electrons. The Bertz CT molecular complexity index is 524. The quantitative estimate of drug-likeness (QED) is 0.674. The fourth-order valence-corrected chi connectivity index (χ4v) is 3.47. The normalized spacial score (nSPS) is 32.5. The van der Waals surface area contributed by atoms with E-state index < -0.39 is 27.6 Å². The van der Waals surface area contributed by atoms with Gasteiger partial charge in [0.25, 0.3) is 0 Å². The number of carbonyl (C=O) groups is 2. The third kappa shape index (κ3) is 2.97. The maximum Gasteiger partial charge on any atom is 0.307 e. The van der Waals surface area contributed by atoms with E-state index in [0.717, 1.165) is 6.26 Å². The van der Waals surface area contributed by atoms with E-state index in [4.69, 9.17) is 0 Å². The molecule has 2 N–H and O–H groups in total. The number of carboxylic acid groups (broad SMARTS) is 1. The molecule has 0 aromatic rings. The average molecular weight is 287 g/mol. The summed E-state index contributed by atoms with van der Waals surface area (Å²) in [7, 11) is -3.13. The molecular weight excluding hydrogens is 270 g/mol. The molecule has 2 aliphatic carbocycles. The average Bonchev–Trinajstić information content (AvgIpc) is 2.85. The highest BCUT2D eigenvalue weighted by Gasteiger charge is 2.51. The van der Waals surface area contributed by atoms with E-state index in [1.165, 1.54) is 0 Å². The monoisotopic (exact) mass is 287 g/mol. The number of rotatable bonds is 5.